The average molecular weight is 321 g/mol. The molecule has 0 radical (unpaired) electrons. The first-order chi connectivity index (χ1) is 10.8. The first kappa shape index (κ1) is 15.1. The summed E-state index contributed by atoms with van der Waals surface area (Å²) >= 11 is 1.80. The summed E-state index contributed by atoms with van der Waals surface area (Å²) in [6, 6.07) is 2.26. The van der Waals surface area contributed by atoms with Gasteiger partial charge >= 0.3 is 0 Å². The van der Waals surface area contributed by atoms with Crippen molar-refractivity contribution in [3.63, 3.8) is 0 Å². The molecule has 3 nitrogen and oxygen atoms in total. The number of thiophene rings is 1. The first-order valence-corrected chi connectivity index (χ1v) is 9.89. The van der Waals surface area contributed by atoms with E-state index in [-0.39, 0.29) is 5.60 Å². The quantitative estimate of drug-likeness (QED) is 0.846. The number of hydrogen-bond donors (Lipinski definition) is 0. The van der Waals surface area contributed by atoms with Crippen LogP contribution in [-0.2, 0) is 11.3 Å². The highest BCUT2D eigenvalue weighted by atomic mass is 32.1. The predicted molar refractivity (Wildman–Crippen MR) is 91.3 cm³/mol. The summed E-state index contributed by atoms with van der Waals surface area (Å²) in [7, 11) is 0. The summed E-state index contributed by atoms with van der Waals surface area (Å²) < 4.78 is 6.67. The van der Waals surface area contributed by atoms with Crippen LogP contribution in [0.25, 0.3) is 0 Å². The highest BCUT2D eigenvalue weighted by molar-refractivity contribution is 7.07. The fraction of sp³-hybridized carbons (Fsp3) is 0.778. The number of rotatable bonds is 4. The topological polar surface area (TPSA) is 15.7 Å². The highest BCUT2D eigenvalue weighted by Crippen LogP contribution is 2.37. The summed E-state index contributed by atoms with van der Waals surface area (Å²) in [5, 5.41) is 4.47. The Morgan fingerprint density at radius 2 is 2.05 bits per heavy atom. The van der Waals surface area contributed by atoms with E-state index in [2.05, 4.69) is 26.6 Å². The molecule has 1 aromatic rings. The Bertz CT molecular complexity index is 471. The zero-order valence-corrected chi connectivity index (χ0v) is 14.3. The summed E-state index contributed by atoms with van der Waals surface area (Å²) in [5.74, 6) is 0. The fourth-order valence-electron chi connectivity index (χ4n) is 4.51. The Hall–Kier alpha value is -0.420. The molecule has 3 fully saturated rings. The smallest absolute Gasteiger partial charge is 0.0825 e. The zero-order chi connectivity index (χ0) is 14.8. The number of likely N-dealkylation sites (tertiary alicyclic amines) is 2. The zero-order valence-electron chi connectivity index (χ0n) is 13.5. The number of ether oxygens (including phenoxy) is 1. The van der Waals surface area contributed by atoms with Crippen molar-refractivity contribution < 1.29 is 4.74 Å². The fourth-order valence-corrected chi connectivity index (χ4v) is 5.17. The van der Waals surface area contributed by atoms with Crippen molar-refractivity contribution in [2.75, 3.05) is 32.7 Å². The molecule has 0 N–H and O–H groups in total. The molecule has 22 heavy (non-hydrogen) atoms. The van der Waals surface area contributed by atoms with Gasteiger partial charge in [-0.05, 0) is 74.0 Å². The van der Waals surface area contributed by atoms with Gasteiger partial charge in [0.1, 0.15) is 0 Å². The Morgan fingerprint density at radius 3 is 2.86 bits per heavy atom. The maximum absolute atomic E-state index is 6.67. The molecule has 0 bridgehead atoms. The molecule has 3 aliphatic rings. The van der Waals surface area contributed by atoms with E-state index < -0.39 is 0 Å². The van der Waals surface area contributed by atoms with Gasteiger partial charge in [0.05, 0.1) is 11.7 Å². The minimum absolute atomic E-state index is 0.165. The van der Waals surface area contributed by atoms with Crippen LogP contribution in [0.4, 0.5) is 0 Å². The lowest BCUT2D eigenvalue weighted by Gasteiger charge is -2.40. The van der Waals surface area contributed by atoms with Crippen LogP contribution in [0, 0.1) is 0 Å². The van der Waals surface area contributed by atoms with Gasteiger partial charge in [-0.3, -0.25) is 4.90 Å². The van der Waals surface area contributed by atoms with E-state index in [1.165, 1.54) is 70.3 Å². The summed E-state index contributed by atoms with van der Waals surface area (Å²) in [4.78, 5) is 5.21. The molecular weight excluding hydrogens is 292 g/mol. The lowest BCUT2D eigenvalue weighted by atomic mass is 9.90. The molecule has 1 aromatic heterocycles. The molecule has 2 atom stereocenters. The standard InChI is InChI=1S/C18H28N2OS/c1-2-9-19(8-1)13-17-4-3-6-18(21-17)7-10-20(15-18)12-16-5-11-22-14-16/h5,11,14,17H,1-4,6-10,12-13,15H2/t17-,18-/m0/s1. The van der Waals surface area contributed by atoms with Crippen molar-refractivity contribution in [2.45, 2.75) is 56.8 Å². The van der Waals surface area contributed by atoms with E-state index in [9.17, 15) is 0 Å². The van der Waals surface area contributed by atoms with Crippen LogP contribution < -0.4 is 0 Å². The summed E-state index contributed by atoms with van der Waals surface area (Å²) in [6.07, 6.45) is 8.36. The van der Waals surface area contributed by atoms with E-state index in [1.807, 2.05) is 0 Å². The van der Waals surface area contributed by atoms with Crippen LogP contribution in [0.3, 0.4) is 0 Å². The van der Waals surface area contributed by atoms with E-state index in [0.717, 1.165) is 13.1 Å². The maximum Gasteiger partial charge on any atom is 0.0825 e. The van der Waals surface area contributed by atoms with Crippen LogP contribution >= 0.6 is 11.3 Å². The summed E-state index contributed by atoms with van der Waals surface area (Å²) in [6.45, 7) is 7.19. The lowest BCUT2D eigenvalue weighted by Crippen LogP contribution is -2.46. The van der Waals surface area contributed by atoms with Crippen molar-refractivity contribution in [1.82, 2.24) is 9.80 Å². The van der Waals surface area contributed by atoms with Gasteiger partial charge < -0.3 is 9.64 Å². The van der Waals surface area contributed by atoms with E-state index in [1.54, 1.807) is 11.3 Å². The molecule has 3 saturated heterocycles. The molecule has 4 heterocycles. The number of hydrogen-bond acceptors (Lipinski definition) is 4. The van der Waals surface area contributed by atoms with Crippen LogP contribution in [0.2, 0.25) is 0 Å². The Morgan fingerprint density at radius 1 is 1.14 bits per heavy atom. The molecule has 122 valence electrons. The van der Waals surface area contributed by atoms with Gasteiger partial charge in [-0.15, -0.1) is 0 Å². The number of nitrogens with zero attached hydrogens (tertiary/aromatic N) is 2. The van der Waals surface area contributed by atoms with Gasteiger partial charge in [-0.1, -0.05) is 0 Å². The predicted octanol–water partition coefficient (Wildman–Crippen LogP) is 3.36. The molecule has 0 saturated carbocycles. The van der Waals surface area contributed by atoms with Crippen LogP contribution in [-0.4, -0.2) is 54.2 Å². The Labute approximate surface area is 138 Å². The molecule has 1 spiro atoms. The molecule has 4 rings (SSSR count). The third-order valence-electron chi connectivity index (χ3n) is 5.62. The van der Waals surface area contributed by atoms with Gasteiger partial charge in [0.25, 0.3) is 0 Å². The molecule has 4 heteroatoms. The van der Waals surface area contributed by atoms with Gasteiger partial charge in [0.15, 0.2) is 0 Å². The molecule has 3 aliphatic heterocycles. The average Bonchev–Trinajstić information content (AvgIpc) is 3.24. The molecular formula is C18H28N2OS. The van der Waals surface area contributed by atoms with Crippen molar-refractivity contribution in [2.24, 2.45) is 0 Å². The molecule has 0 aromatic carbocycles. The monoisotopic (exact) mass is 320 g/mol. The van der Waals surface area contributed by atoms with Gasteiger partial charge in [-0.25, -0.2) is 0 Å². The van der Waals surface area contributed by atoms with Gasteiger partial charge in [0.2, 0.25) is 0 Å². The van der Waals surface area contributed by atoms with E-state index in [0.29, 0.717) is 6.10 Å². The third kappa shape index (κ3) is 3.40. The highest BCUT2D eigenvalue weighted by Gasteiger charge is 2.43. The normalized spacial score (nSPS) is 33.9. The van der Waals surface area contributed by atoms with Gasteiger partial charge in [-0.2, -0.15) is 11.3 Å². The van der Waals surface area contributed by atoms with Crippen LogP contribution in [0.15, 0.2) is 16.8 Å². The minimum Gasteiger partial charge on any atom is -0.369 e. The summed E-state index contributed by atoms with van der Waals surface area (Å²) in [5.41, 5.74) is 1.63. The second-order valence-electron chi connectivity index (χ2n) is 7.42. The Kier molecular flexibility index (Phi) is 4.54. The Balaban J connectivity index is 1.33. The van der Waals surface area contributed by atoms with Crippen LogP contribution in [0.1, 0.15) is 44.1 Å². The van der Waals surface area contributed by atoms with Crippen molar-refractivity contribution in [3.8, 4) is 0 Å². The first-order valence-electron chi connectivity index (χ1n) is 8.95. The van der Waals surface area contributed by atoms with E-state index in [4.69, 9.17) is 4.74 Å². The largest absolute Gasteiger partial charge is 0.369 e. The van der Waals surface area contributed by atoms with E-state index >= 15 is 0 Å². The second kappa shape index (κ2) is 6.60. The minimum atomic E-state index is 0.165. The van der Waals surface area contributed by atoms with Gasteiger partial charge in [0, 0.05) is 26.2 Å². The molecule has 0 aliphatic carbocycles. The molecule has 0 amide bonds. The SMILES string of the molecule is c1cc(CN2CC[C@@]3(CCC[C@@H](CN4CCCC4)O3)C2)cs1. The van der Waals surface area contributed by atoms with Crippen molar-refractivity contribution in [3.05, 3.63) is 22.4 Å². The lowest BCUT2D eigenvalue weighted by molar-refractivity contribution is -0.127. The third-order valence-corrected chi connectivity index (χ3v) is 6.35. The van der Waals surface area contributed by atoms with Crippen molar-refractivity contribution in [1.29, 1.82) is 0 Å². The maximum atomic E-state index is 6.67. The van der Waals surface area contributed by atoms with Crippen LogP contribution in [0.5, 0.6) is 0 Å². The van der Waals surface area contributed by atoms with Crippen molar-refractivity contribution >= 4 is 11.3 Å². The second-order valence-corrected chi connectivity index (χ2v) is 8.20. The molecule has 0 unspecified atom stereocenters.